The minimum absolute atomic E-state index is 0. The van der Waals surface area contributed by atoms with Gasteiger partial charge in [0.15, 0.2) is 0 Å². The van der Waals surface area contributed by atoms with Crippen molar-refractivity contribution in [3.63, 3.8) is 0 Å². The zero-order valence-corrected chi connectivity index (χ0v) is 11.4. The fourth-order valence-corrected chi connectivity index (χ4v) is 0. The largest absolute Gasteiger partial charge is 2.00 e. The van der Waals surface area contributed by atoms with Crippen LogP contribution in [0.2, 0.25) is 0 Å². The third kappa shape index (κ3) is 546. The molecular weight excluding hydrogens is 233 g/mol. The minimum atomic E-state index is 0. The molecule has 0 atom stereocenters. The van der Waals surface area contributed by atoms with E-state index in [-0.39, 0.29) is 132 Å². The van der Waals surface area contributed by atoms with Crippen LogP contribution >= 0.6 is 0 Å². The molecule has 0 aliphatic rings. The van der Waals surface area contributed by atoms with Crippen LogP contribution in [0.4, 0.5) is 0 Å². The summed E-state index contributed by atoms with van der Waals surface area (Å²) >= 11 is 0. The van der Waals surface area contributed by atoms with E-state index in [1.54, 1.807) is 0 Å². The average molecular weight is 259 g/mol. The molecule has 0 amide bonds. The van der Waals surface area contributed by atoms with Crippen molar-refractivity contribution in [2.45, 2.75) is 0 Å². The second-order valence-electron chi connectivity index (χ2n) is 0. The number of hydrogen-bond donors (Lipinski definition) is 0. The molecule has 0 aliphatic carbocycles. The minimum Gasteiger partial charge on any atom is -1.00 e. The summed E-state index contributed by atoms with van der Waals surface area (Å²) in [5.41, 5.74) is 0. The Bertz CT molecular complexity index is 27.2. The van der Waals surface area contributed by atoms with Crippen molar-refractivity contribution in [1.29, 1.82) is 0 Å². The Labute approximate surface area is 132 Å². The SMILES string of the molecule is O.O.O.O.O.O.O.O.O.O.[H-].[H-].[H-].[H-].[H-].[H-].[Mg+2].[Mg+2].[Mg+2]. The summed E-state index contributed by atoms with van der Waals surface area (Å²) in [4.78, 5) is 0. The molecule has 10 nitrogen and oxygen atoms in total. The summed E-state index contributed by atoms with van der Waals surface area (Å²) < 4.78 is 0. The van der Waals surface area contributed by atoms with Gasteiger partial charge in [0.1, 0.15) is 0 Å². The number of hydrogen-bond acceptors (Lipinski definition) is 0. The van der Waals surface area contributed by atoms with Crippen molar-refractivity contribution in [1.82, 2.24) is 0 Å². The molecule has 0 fully saturated rings. The van der Waals surface area contributed by atoms with E-state index in [2.05, 4.69) is 0 Å². The van der Waals surface area contributed by atoms with Gasteiger partial charge in [0, 0.05) is 0 Å². The quantitative estimate of drug-likeness (QED) is 0.365. The monoisotopic (exact) mass is 258 g/mol. The molecule has 0 aromatic rings. The maximum absolute atomic E-state index is 0. The molecule has 0 heterocycles. The van der Waals surface area contributed by atoms with Gasteiger partial charge in [-0.1, -0.05) is 0 Å². The van der Waals surface area contributed by atoms with Crippen LogP contribution in [0.25, 0.3) is 0 Å². The summed E-state index contributed by atoms with van der Waals surface area (Å²) in [6.45, 7) is 0. The van der Waals surface area contributed by atoms with E-state index in [4.69, 9.17) is 0 Å². The normalized spacial score (nSPS) is 0. The third-order valence-corrected chi connectivity index (χ3v) is 0. The van der Waals surface area contributed by atoms with Crippen molar-refractivity contribution in [2.75, 3.05) is 0 Å². The molecule has 0 aromatic heterocycles. The van der Waals surface area contributed by atoms with E-state index in [1.165, 1.54) is 0 Å². The van der Waals surface area contributed by atoms with Gasteiger partial charge in [0.25, 0.3) is 0 Å². The van der Waals surface area contributed by atoms with Crippen LogP contribution in [-0.2, 0) is 0 Å². The maximum atomic E-state index is 0. The van der Waals surface area contributed by atoms with Gasteiger partial charge in [-0.3, -0.25) is 0 Å². The summed E-state index contributed by atoms with van der Waals surface area (Å²) in [5, 5.41) is 0. The zero-order chi connectivity index (χ0) is 0. The molecule has 0 unspecified atom stereocenters. The standard InChI is InChI=1S/3Mg.10H2O.6H/h;;;10*1H2;;;;;;/q3*+2;;;;;;;;;;;6*-1. The topological polar surface area (TPSA) is 315 Å². The Hall–Kier alpha value is 1.90. The van der Waals surface area contributed by atoms with Gasteiger partial charge in [-0.2, -0.15) is 0 Å². The molecule has 0 rings (SSSR count). The predicted molar refractivity (Wildman–Crippen MR) is 60.1 cm³/mol. The Kier molecular flexibility index (Phi) is 39400. The van der Waals surface area contributed by atoms with E-state index in [0.29, 0.717) is 0 Å². The van der Waals surface area contributed by atoms with Gasteiger partial charge < -0.3 is 63.3 Å². The fourth-order valence-electron chi connectivity index (χ4n) is 0. The van der Waals surface area contributed by atoms with Crippen LogP contribution in [0.15, 0.2) is 0 Å². The summed E-state index contributed by atoms with van der Waals surface area (Å²) in [5.74, 6) is 0. The molecule has 20 N–H and O–H groups in total. The van der Waals surface area contributed by atoms with Gasteiger partial charge >= 0.3 is 69.2 Å². The Morgan fingerprint density at radius 1 is 0.231 bits per heavy atom. The van der Waals surface area contributed by atoms with E-state index < -0.39 is 0 Å². The molecule has 0 aliphatic heterocycles. The van der Waals surface area contributed by atoms with Gasteiger partial charge in [0.05, 0.1) is 0 Å². The average Bonchev–Trinajstić information content (AvgIpc) is 0. The fraction of sp³-hybridized carbons (Fsp3) is 0. The summed E-state index contributed by atoms with van der Waals surface area (Å²) in [7, 11) is 0. The molecule has 13 heteroatoms. The maximum Gasteiger partial charge on any atom is 2.00 e. The first-order chi connectivity index (χ1) is 0. The van der Waals surface area contributed by atoms with Gasteiger partial charge in [0.2, 0.25) is 0 Å². The van der Waals surface area contributed by atoms with Gasteiger partial charge in [-0.15, -0.1) is 0 Å². The van der Waals surface area contributed by atoms with Crippen molar-refractivity contribution < 1.29 is 63.3 Å². The molecule has 0 spiro atoms. The van der Waals surface area contributed by atoms with Crippen LogP contribution in [0.5, 0.6) is 0 Å². The summed E-state index contributed by atoms with van der Waals surface area (Å²) in [6.07, 6.45) is 0. The Morgan fingerprint density at radius 2 is 0.231 bits per heavy atom. The smallest absolute Gasteiger partial charge is 1.00 e. The molecule has 0 aromatic carbocycles. The first-order valence-electron chi connectivity index (χ1n) is 0. The molecule has 0 radical (unpaired) electrons. The van der Waals surface area contributed by atoms with Crippen LogP contribution < -0.4 is 0 Å². The second kappa shape index (κ2) is 641. The van der Waals surface area contributed by atoms with Crippen molar-refractivity contribution in [3.05, 3.63) is 0 Å². The van der Waals surface area contributed by atoms with Crippen LogP contribution in [0.1, 0.15) is 8.56 Å². The summed E-state index contributed by atoms with van der Waals surface area (Å²) in [6, 6.07) is 0. The first kappa shape index (κ1) is 798. The van der Waals surface area contributed by atoms with Crippen molar-refractivity contribution in [2.24, 2.45) is 0 Å². The van der Waals surface area contributed by atoms with Crippen LogP contribution in [0, 0.1) is 0 Å². The molecule has 13 heavy (non-hydrogen) atoms. The third-order valence-electron chi connectivity index (χ3n) is 0. The molecule has 0 bridgehead atoms. The van der Waals surface area contributed by atoms with E-state index in [9.17, 15) is 0 Å². The van der Waals surface area contributed by atoms with Crippen molar-refractivity contribution >= 4 is 69.2 Å². The van der Waals surface area contributed by atoms with Crippen molar-refractivity contribution in [3.8, 4) is 0 Å². The molecule has 0 saturated carbocycles. The Morgan fingerprint density at radius 3 is 0.231 bits per heavy atom. The van der Waals surface area contributed by atoms with E-state index in [1.807, 2.05) is 0 Å². The van der Waals surface area contributed by atoms with Gasteiger partial charge in [-0.25, -0.2) is 0 Å². The predicted octanol–water partition coefficient (Wildman–Crippen LogP) is -8.71. The second-order valence-corrected chi connectivity index (χ2v) is 0. The molecular formula is H26Mg3O10. The molecule has 92 valence electrons. The Balaban J connectivity index is 0. The zero-order valence-electron chi connectivity index (χ0n) is 13.1. The van der Waals surface area contributed by atoms with Crippen LogP contribution in [-0.4, -0.2) is 124 Å². The number of rotatable bonds is 0. The van der Waals surface area contributed by atoms with Gasteiger partial charge in [-0.05, 0) is 0 Å². The molecule has 0 saturated heterocycles. The van der Waals surface area contributed by atoms with E-state index >= 15 is 0 Å². The van der Waals surface area contributed by atoms with Crippen LogP contribution in [0.3, 0.4) is 0 Å². The van der Waals surface area contributed by atoms with E-state index in [0.717, 1.165) is 0 Å². The first-order valence-corrected chi connectivity index (χ1v) is 0.